The van der Waals surface area contributed by atoms with Gasteiger partial charge in [-0.05, 0) is 12.1 Å². The van der Waals surface area contributed by atoms with Crippen LogP contribution in [0, 0.1) is 0 Å². The van der Waals surface area contributed by atoms with E-state index in [2.05, 4.69) is 15.6 Å². The Morgan fingerprint density at radius 3 is 2.60 bits per heavy atom. The van der Waals surface area contributed by atoms with Gasteiger partial charge in [-0.25, -0.2) is 4.68 Å². The molecule has 1 heterocycles. The summed E-state index contributed by atoms with van der Waals surface area (Å²) in [4.78, 5) is 0. The van der Waals surface area contributed by atoms with E-state index in [1.54, 1.807) is 6.07 Å². The zero-order valence-electron chi connectivity index (χ0n) is 11.1. The molecule has 0 aliphatic heterocycles. The van der Waals surface area contributed by atoms with Gasteiger partial charge in [0.25, 0.3) is 0 Å². The number of aromatic nitrogens is 3. The molecule has 0 saturated carbocycles. The molecular weight excluding hydrogens is 269 g/mol. The Hall–Kier alpha value is -1.89. The molecule has 0 radical (unpaired) electrons. The van der Waals surface area contributed by atoms with Crippen LogP contribution in [0.4, 0.5) is 13.2 Å². The van der Waals surface area contributed by atoms with Crippen molar-refractivity contribution in [1.82, 2.24) is 20.3 Å². The third kappa shape index (κ3) is 3.16. The molecule has 0 spiro atoms. The van der Waals surface area contributed by atoms with Crippen LogP contribution in [0.25, 0.3) is 5.69 Å². The minimum absolute atomic E-state index is 0.0157. The molecule has 0 aliphatic carbocycles. The first-order chi connectivity index (χ1) is 9.39. The SMILES string of the molecule is CC(C)NCc1cnnn1-c1ccccc1C(F)(F)F. The first-order valence-electron chi connectivity index (χ1n) is 6.19. The van der Waals surface area contributed by atoms with Crippen LogP contribution in [-0.4, -0.2) is 21.0 Å². The minimum atomic E-state index is -4.43. The van der Waals surface area contributed by atoms with Gasteiger partial charge in [-0.2, -0.15) is 13.2 Å². The molecule has 0 amide bonds. The van der Waals surface area contributed by atoms with E-state index < -0.39 is 11.7 Å². The monoisotopic (exact) mass is 284 g/mol. The van der Waals surface area contributed by atoms with Gasteiger partial charge >= 0.3 is 6.18 Å². The highest BCUT2D eigenvalue weighted by atomic mass is 19.4. The smallest absolute Gasteiger partial charge is 0.309 e. The third-order valence-corrected chi connectivity index (χ3v) is 2.75. The van der Waals surface area contributed by atoms with Gasteiger partial charge in [-0.1, -0.05) is 31.2 Å². The summed E-state index contributed by atoms with van der Waals surface area (Å²) in [6.45, 7) is 4.31. The van der Waals surface area contributed by atoms with E-state index in [1.807, 2.05) is 13.8 Å². The van der Waals surface area contributed by atoms with Crippen molar-refractivity contribution in [3.05, 3.63) is 41.7 Å². The Kier molecular flexibility index (Phi) is 4.08. The van der Waals surface area contributed by atoms with E-state index in [4.69, 9.17) is 0 Å². The van der Waals surface area contributed by atoms with Gasteiger partial charge in [-0.15, -0.1) is 5.10 Å². The molecule has 1 N–H and O–H groups in total. The minimum Gasteiger partial charge on any atom is -0.309 e. The fourth-order valence-electron chi connectivity index (χ4n) is 1.79. The van der Waals surface area contributed by atoms with Crippen molar-refractivity contribution in [1.29, 1.82) is 0 Å². The summed E-state index contributed by atoms with van der Waals surface area (Å²) in [5, 5.41) is 10.6. The maximum absolute atomic E-state index is 13.0. The summed E-state index contributed by atoms with van der Waals surface area (Å²) < 4.78 is 40.2. The van der Waals surface area contributed by atoms with Crippen LogP contribution in [0.15, 0.2) is 30.5 Å². The maximum Gasteiger partial charge on any atom is 0.418 e. The summed E-state index contributed by atoms with van der Waals surface area (Å²) in [7, 11) is 0. The number of nitrogens with zero attached hydrogens (tertiary/aromatic N) is 3. The average molecular weight is 284 g/mol. The topological polar surface area (TPSA) is 42.7 Å². The molecule has 1 aromatic heterocycles. The number of hydrogen-bond acceptors (Lipinski definition) is 3. The molecule has 108 valence electrons. The number of para-hydroxylation sites is 1. The van der Waals surface area contributed by atoms with E-state index in [1.165, 1.54) is 23.0 Å². The highest BCUT2D eigenvalue weighted by molar-refractivity contribution is 5.42. The molecule has 4 nitrogen and oxygen atoms in total. The summed E-state index contributed by atoms with van der Waals surface area (Å²) in [5.74, 6) is 0. The highest BCUT2D eigenvalue weighted by Crippen LogP contribution is 2.33. The van der Waals surface area contributed by atoms with Crippen molar-refractivity contribution in [2.24, 2.45) is 0 Å². The molecule has 0 unspecified atom stereocenters. The van der Waals surface area contributed by atoms with E-state index >= 15 is 0 Å². The van der Waals surface area contributed by atoms with Crippen LogP contribution in [0.2, 0.25) is 0 Å². The van der Waals surface area contributed by atoms with Gasteiger partial charge < -0.3 is 5.32 Å². The first-order valence-corrected chi connectivity index (χ1v) is 6.19. The zero-order valence-corrected chi connectivity index (χ0v) is 11.1. The number of rotatable bonds is 4. The number of alkyl halides is 3. The molecule has 1 aromatic carbocycles. The lowest BCUT2D eigenvalue weighted by atomic mass is 10.1. The highest BCUT2D eigenvalue weighted by Gasteiger charge is 2.34. The fraction of sp³-hybridized carbons (Fsp3) is 0.385. The lowest BCUT2D eigenvalue weighted by Gasteiger charge is -2.14. The molecular formula is C13H15F3N4. The van der Waals surface area contributed by atoms with Crippen LogP contribution in [0.1, 0.15) is 25.1 Å². The van der Waals surface area contributed by atoms with Crippen molar-refractivity contribution in [3.63, 3.8) is 0 Å². The number of benzene rings is 1. The second-order valence-corrected chi connectivity index (χ2v) is 4.69. The van der Waals surface area contributed by atoms with Crippen LogP contribution in [0.3, 0.4) is 0 Å². The molecule has 0 bridgehead atoms. The average Bonchev–Trinajstić information content (AvgIpc) is 2.83. The normalized spacial score (nSPS) is 12.1. The van der Waals surface area contributed by atoms with Crippen molar-refractivity contribution in [2.45, 2.75) is 32.6 Å². The second-order valence-electron chi connectivity index (χ2n) is 4.69. The van der Waals surface area contributed by atoms with Crippen LogP contribution in [-0.2, 0) is 12.7 Å². The summed E-state index contributed by atoms with van der Waals surface area (Å²) in [6.07, 6.45) is -2.96. The number of hydrogen-bond donors (Lipinski definition) is 1. The van der Waals surface area contributed by atoms with Crippen molar-refractivity contribution in [3.8, 4) is 5.69 Å². The van der Waals surface area contributed by atoms with Crippen molar-refractivity contribution >= 4 is 0 Å². The maximum atomic E-state index is 13.0. The number of halogens is 3. The van der Waals surface area contributed by atoms with Crippen LogP contribution >= 0.6 is 0 Å². The van der Waals surface area contributed by atoms with Gasteiger partial charge in [0.1, 0.15) is 0 Å². The molecule has 0 fully saturated rings. The quantitative estimate of drug-likeness (QED) is 0.938. The van der Waals surface area contributed by atoms with Gasteiger partial charge in [0, 0.05) is 12.6 Å². The fourth-order valence-corrected chi connectivity index (χ4v) is 1.79. The molecule has 2 rings (SSSR count). The van der Waals surface area contributed by atoms with Crippen molar-refractivity contribution in [2.75, 3.05) is 0 Å². The summed E-state index contributed by atoms with van der Waals surface area (Å²) in [6, 6.07) is 5.55. The molecule has 20 heavy (non-hydrogen) atoms. The Balaban J connectivity index is 2.40. The van der Waals surface area contributed by atoms with Crippen LogP contribution in [0.5, 0.6) is 0 Å². The summed E-state index contributed by atoms with van der Waals surface area (Å²) >= 11 is 0. The predicted molar refractivity (Wildman–Crippen MR) is 68.3 cm³/mol. The Morgan fingerprint density at radius 2 is 1.95 bits per heavy atom. The van der Waals surface area contributed by atoms with Gasteiger partial charge in [0.05, 0.1) is 23.1 Å². The van der Waals surface area contributed by atoms with E-state index in [-0.39, 0.29) is 11.7 Å². The van der Waals surface area contributed by atoms with Gasteiger partial charge in [0.2, 0.25) is 0 Å². The standard InChI is InChI=1S/C13H15F3N4/c1-9(2)17-7-10-8-18-19-20(10)12-6-4-3-5-11(12)13(14,15)16/h3-6,8-9,17H,7H2,1-2H3. The van der Waals surface area contributed by atoms with E-state index in [0.717, 1.165) is 6.07 Å². The Bertz CT molecular complexity index is 575. The summed E-state index contributed by atoms with van der Waals surface area (Å²) in [5.41, 5.74) is -0.162. The Morgan fingerprint density at radius 1 is 1.25 bits per heavy atom. The zero-order chi connectivity index (χ0) is 14.8. The number of nitrogens with one attached hydrogen (secondary N) is 1. The van der Waals surface area contributed by atoms with Gasteiger partial charge in [0.15, 0.2) is 0 Å². The third-order valence-electron chi connectivity index (χ3n) is 2.75. The lowest BCUT2D eigenvalue weighted by Crippen LogP contribution is -2.24. The molecule has 0 saturated heterocycles. The first kappa shape index (κ1) is 14.5. The van der Waals surface area contributed by atoms with Crippen LogP contribution < -0.4 is 5.32 Å². The van der Waals surface area contributed by atoms with E-state index in [9.17, 15) is 13.2 Å². The lowest BCUT2D eigenvalue weighted by molar-refractivity contribution is -0.137. The molecule has 0 aliphatic rings. The molecule has 7 heteroatoms. The largest absolute Gasteiger partial charge is 0.418 e. The second kappa shape index (κ2) is 5.62. The Labute approximate surface area is 114 Å². The molecule has 0 atom stereocenters. The predicted octanol–water partition coefficient (Wildman–Crippen LogP) is 2.78. The van der Waals surface area contributed by atoms with E-state index in [0.29, 0.717) is 12.2 Å². The van der Waals surface area contributed by atoms with Gasteiger partial charge in [-0.3, -0.25) is 0 Å². The molecule has 2 aromatic rings. The van der Waals surface area contributed by atoms with Crippen molar-refractivity contribution < 1.29 is 13.2 Å².